The lowest BCUT2D eigenvalue weighted by molar-refractivity contribution is -0.140. The molecule has 0 amide bonds. The highest BCUT2D eigenvalue weighted by molar-refractivity contribution is 7.90. The second-order valence-electron chi connectivity index (χ2n) is 8.61. The fourth-order valence-electron chi connectivity index (χ4n) is 3.30. The third-order valence-corrected chi connectivity index (χ3v) is 6.81. The average Bonchev–Trinajstić information content (AvgIpc) is 3.10. The summed E-state index contributed by atoms with van der Waals surface area (Å²) < 4.78 is 71.0. The maximum Gasteiger partial charge on any atom is 0.417 e. The largest absolute Gasteiger partial charge is 0.462 e. The van der Waals surface area contributed by atoms with E-state index in [-0.39, 0.29) is 5.60 Å². The molecule has 0 aliphatic carbocycles. The molecular formula is C23H25F3N2O4S. The molecule has 0 atom stereocenters. The van der Waals surface area contributed by atoms with Crippen LogP contribution < -0.4 is 5.32 Å². The monoisotopic (exact) mass is 482 g/mol. The minimum Gasteiger partial charge on any atom is -0.462 e. The van der Waals surface area contributed by atoms with E-state index >= 15 is 0 Å². The molecule has 0 spiro atoms. The molecule has 3 aromatic rings. The number of nitrogens with zero attached hydrogens (tertiary/aromatic N) is 1. The Hall–Kier alpha value is -2.85. The van der Waals surface area contributed by atoms with Crippen LogP contribution in [0, 0.1) is 0 Å². The first-order valence-corrected chi connectivity index (χ1v) is 11.6. The number of halogens is 3. The van der Waals surface area contributed by atoms with Crippen LogP contribution in [0.15, 0.2) is 59.6 Å². The summed E-state index contributed by atoms with van der Waals surface area (Å²) in [6.45, 7) is 7.65. The number of hydrogen-bond acceptors (Lipinski definition) is 5. The Morgan fingerprint density at radius 1 is 1.06 bits per heavy atom. The summed E-state index contributed by atoms with van der Waals surface area (Å²) in [7, 11) is -4.38. The van der Waals surface area contributed by atoms with Gasteiger partial charge in [-0.15, -0.1) is 0 Å². The Morgan fingerprint density at radius 3 is 2.24 bits per heavy atom. The summed E-state index contributed by atoms with van der Waals surface area (Å²) in [4.78, 5) is 8.85. The predicted molar refractivity (Wildman–Crippen MR) is 118 cm³/mol. The second-order valence-corrected chi connectivity index (χ2v) is 10.4. The number of aromatic nitrogens is 1. The first-order valence-electron chi connectivity index (χ1n) is 10.2. The maximum absolute atomic E-state index is 13.2. The van der Waals surface area contributed by atoms with Crippen molar-refractivity contribution in [1.29, 1.82) is 0 Å². The molecule has 1 aromatic heterocycles. The van der Waals surface area contributed by atoms with E-state index in [2.05, 4.69) is 10.1 Å². The molecule has 2 heterocycles. The van der Waals surface area contributed by atoms with Crippen LogP contribution in [0.4, 0.5) is 13.2 Å². The molecule has 0 saturated carbocycles. The van der Waals surface area contributed by atoms with Crippen LogP contribution in [0.1, 0.15) is 37.8 Å². The molecule has 6 nitrogen and oxygen atoms in total. The minimum absolute atomic E-state index is 0.318. The van der Waals surface area contributed by atoms with Crippen molar-refractivity contribution in [2.24, 2.45) is 0 Å². The van der Waals surface area contributed by atoms with E-state index in [9.17, 15) is 26.4 Å². The van der Waals surface area contributed by atoms with Gasteiger partial charge in [-0.1, -0.05) is 18.2 Å². The Kier molecular flexibility index (Phi) is 6.90. The van der Waals surface area contributed by atoms with Gasteiger partial charge in [-0.25, -0.2) is 12.4 Å². The van der Waals surface area contributed by atoms with E-state index in [0.717, 1.165) is 34.8 Å². The molecule has 0 unspecified atom stereocenters. The van der Waals surface area contributed by atoms with Crippen molar-refractivity contribution >= 4 is 27.4 Å². The highest BCUT2D eigenvalue weighted by Gasteiger charge is 2.37. The lowest BCUT2D eigenvalue weighted by Gasteiger charge is -2.27. The van der Waals surface area contributed by atoms with Crippen LogP contribution in [-0.4, -0.2) is 37.6 Å². The molecule has 4 rings (SSSR count). The molecule has 1 N–H and O–H groups in total. The summed E-state index contributed by atoms with van der Waals surface area (Å²) in [5, 5.41) is 3.85. The Labute approximate surface area is 190 Å². The molecule has 10 heteroatoms. The minimum atomic E-state index is -4.75. The summed E-state index contributed by atoms with van der Waals surface area (Å²) >= 11 is 0. The van der Waals surface area contributed by atoms with Crippen molar-refractivity contribution < 1.29 is 31.1 Å². The van der Waals surface area contributed by atoms with Crippen molar-refractivity contribution in [3.63, 3.8) is 0 Å². The Morgan fingerprint density at radius 2 is 1.73 bits per heavy atom. The number of ether oxygens (including phenoxy) is 1. The topological polar surface area (TPSA) is 77.4 Å². The number of fused-ring (bicyclic) bond motifs is 1. The van der Waals surface area contributed by atoms with Crippen molar-refractivity contribution in [3.8, 4) is 0 Å². The lowest BCUT2D eigenvalue weighted by Crippen LogP contribution is -2.39. The van der Waals surface area contributed by atoms with Crippen LogP contribution in [0.25, 0.3) is 10.9 Å². The summed E-state index contributed by atoms with van der Waals surface area (Å²) in [5.41, 5.74) is -0.0408. The number of hydrogen-bond donors (Lipinski definition) is 1. The SMILES string of the molecule is CC(C)(C)OC=O.O=S(=O)(c1ccccc1C(F)(F)F)n1ccc2cc(C3CNC3)ccc21. The van der Waals surface area contributed by atoms with E-state index in [1.165, 1.54) is 18.3 Å². The van der Waals surface area contributed by atoms with E-state index in [0.29, 0.717) is 23.3 Å². The zero-order chi connectivity index (χ0) is 24.4. The van der Waals surface area contributed by atoms with E-state index in [4.69, 9.17) is 0 Å². The Bertz CT molecular complexity index is 1240. The van der Waals surface area contributed by atoms with Crippen molar-refractivity contribution in [2.75, 3.05) is 13.1 Å². The molecule has 2 aromatic carbocycles. The molecule has 0 radical (unpaired) electrons. The fourth-order valence-corrected chi connectivity index (χ4v) is 4.87. The van der Waals surface area contributed by atoms with Gasteiger partial charge in [-0.05, 0) is 56.7 Å². The standard InChI is InChI=1S/C18H15F3N2O2S.C5H10O2/c19-18(20,21)15-3-1-2-4-17(15)26(24,25)23-8-7-13-9-12(5-6-16(13)23)14-10-22-11-14;1-5(2,3)7-4-6/h1-9,14,22H,10-11H2;4H,1-3H3. The van der Waals surface area contributed by atoms with Gasteiger partial charge in [0, 0.05) is 30.6 Å². The van der Waals surface area contributed by atoms with Gasteiger partial charge < -0.3 is 10.1 Å². The van der Waals surface area contributed by atoms with Crippen LogP contribution in [0.3, 0.4) is 0 Å². The molecule has 1 aliphatic rings. The van der Waals surface area contributed by atoms with Crippen LogP contribution in [0.2, 0.25) is 0 Å². The van der Waals surface area contributed by atoms with E-state index in [1.54, 1.807) is 12.1 Å². The normalized spacial score (nSPS) is 14.8. The number of nitrogens with one attached hydrogen (secondary N) is 1. The fraction of sp³-hybridized carbons (Fsp3) is 0.348. The second kappa shape index (κ2) is 9.18. The highest BCUT2D eigenvalue weighted by Crippen LogP contribution is 2.36. The molecule has 178 valence electrons. The summed E-state index contributed by atoms with van der Waals surface area (Å²) in [6, 6.07) is 11.2. The van der Waals surface area contributed by atoms with Gasteiger partial charge in [-0.2, -0.15) is 13.2 Å². The number of carbonyl (C=O) groups is 1. The number of benzene rings is 2. The van der Waals surface area contributed by atoms with E-state index < -0.39 is 26.7 Å². The maximum atomic E-state index is 13.2. The van der Waals surface area contributed by atoms with Crippen molar-refractivity contribution in [3.05, 3.63) is 65.9 Å². The summed E-state index contributed by atoms with van der Waals surface area (Å²) in [5.74, 6) is 0.380. The van der Waals surface area contributed by atoms with Gasteiger partial charge in [0.2, 0.25) is 0 Å². The smallest absolute Gasteiger partial charge is 0.417 e. The molecule has 1 aliphatic heterocycles. The summed E-state index contributed by atoms with van der Waals surface area (Å²) in [6.07, 6.45) is -3.45. The predicted octanol–water partition coefficient (Wildman–Crippen LogP) is 4.54. The number of rotatable bonds is 4. The van der Waals surface area contributed by atoms with Crippen LogP contribution >= 0.6 is 0 Å². The highest BCUT2D eigenvalue weighted by atomic mass is 32.2. The average molecular weight is 483 g/mol. The zero-order valence-electron chi connectivity index (χ0n) is 18.4. The third-order valence-electron chi connectivity index (χ3n) is 5.06. The molecule has 1 saturated heterocycles. The molecule has 0 bridgehead atoms. The third kappa shape index (κ3) is 5.56. The molecular weight excluding hydrogens is 457 g/mol. The molecule has 1 fully saturated rings. The van der Waals surface area contributed by atoms with Crippen LogP contribution in [0.5, 0.6) is 0 Å². The first kappa shape index (κ1) is 24.8. The van der Waals surface area contributed by atoms with Gasteiger partial charge in [0.15, 0.2) is 0 Å². The number of carbonyl (C=O) groups excluding carboxylic acids is 1. The van der Waals surface area contributed by atoms with E-state index in [1.807, 2.05) is 32.9 Å². The van der Waals surface area contributed by atoms with Gasteiger partial charge in [0.25, 0.3) is 16.5 Å². The number of alkyl halides is 3. The van der Waals surface area contributed by atoms with Gasteiger partial charge in [-0.3, -0.25) is 4.79 Å². The van der Waals surface area contributed by atoms with Gasteiger partial charge >= 0.3 is 6.18 Å². The van der Waals surface area contributed by atoms with Gasteiger partial charge in [0.05, 0.1) is 11.1 Å². The zero-order valence-corrected chi connectivity index (χ0v) is 19.2. The van der Waals surface area contributed by atoms with Crippen molar-refractivity contribution in [2.45, 2.75) is 43.4 Å². The lowest BCUT2D eigenvalue weighted by atomic mass is 9.93. The molecule has 33 heavy (non-hydrogen) atoms. The van der Waals surface area contributed by atoms with Crippen molar-refractivity contribution in [1.82, 2.24) is 9.29 Å². The van der Waals surface area contributed by atoms with Crippen LogP contribution in [-0.2, 0) is 25.7 Å². The first-order chi connectivity index (χ1) is 15.3. The Balaban J connectivity index is 0.000000383. The van der Waals surface area contributed by atoms with Gasteiger partial charge in [0.1, 0.15) is 10.5 Å². The quantitative estimate of drug-likeness (QED) is 0.553.